The van der Waals surface area contributed by atoms with Gasteiger partial charge in [-0.2, -0.15) is 0 Å². The fourth-order valence-electron chi connectivity index (χ4n) is 3.75. The summed E-state index contributed by atoms with van der Waals surface area (Å²) in [5.41, 5.74) is 3.00. The summed E-state index contributed by atoms with van der Waals surface area (Å²) < 4.78 is 26.3. The van der Waals surface area contributed by atoms with Crippen molar-refractivity contribution in [2.75, 3.05) is 6.79 Å². The molecule has 5 rings (SSSR count). The van der Waals surface area contributed by atoms with Gasteiger partial charge in [0.2, 0.25) is 6.79 Å². The Morgan fingerprint density at radius 3 is 2.65 bits per heavy atom. The Morgan fingerprint density at radius 1 is 0.935 bits per heavy atom. The molecule has 6 nitrogen and oxygen atoms in total. The normalized spacial score (nSPS) is 12.4. The molecule has 7 heteroatoms. The lowest BCUT2D eigenvalue weighted by atomic mass is 10.1. The predicted molar refractivity (Wildman–Crippen MR) is 115 cm³/mol. The average molecular weight is 417 g/mol. The minimum absolute atomic E-state index is 0.145. The van der Waals surface area contributed by atoms with Crippen molar-refractivity contribution in [1.82, 2.24) is 14.9 Å². The van der Waals surface area contributed by atoms with E-state index < -0.39 is 0 Å². The van der Waals surface area contributed by atoms with E-state index in [9.17, 15) is 9.18 Å². The highest BCUT2D eigenvalue weighted by atomic mass is 19.1. The number of pyridine rings is 2. The molecule has 0 atom stereocenters. The fraction of sp³-hybridized carbons (Fsp3) is 0.167. The van der Waals surface area contributed by atoms with Crippen LogP contribution in [0, 0.1) is 5.82 Å². The minimum Gasteiger partial charge on any atom is -0.454 e. The molecule has 1 N–H and O–H groups in total. The molecule has 0 radical (unpaired) electrons. The van der Waals surface area contributed by atoms with E-state index in [1.165, 1.54) is 12.1 Å². The predicted octanol–water partition coefficient (Wildman–Crippen LogP) is 3.60. The molecule has 3 heterocycles. The molecule has 4 aromatic rings. The molecule has 0 bridgehead atoms. The zero-order valence-corrected chi connectivity index (χ0v) is 16.7. The second-order valence-corrected chi connectivity index (χ2v) is 7.41. The van der Waals surface area contributed by atoms with Gasteiger partial charge in [-0.25, -0.2) is 4.39 Å². The molecule has 1 aliphatic heterocycles. The Kier molecular flexibility index (Phi) is 5.09. The van der Waals surface area contributed by atoms with E-state index in [0.29, 0.717) is 30.7 Å². The van der Waals surface area contributed by atoms with Gasteiger partial charge in [-0.3, -0.25) is 9.78 Å². The number of halogens is 1. The molecular formula is C24H20FN3O3. The quantitative estimate of drug-likeness (QED) is 0.519. The second kappa shape index (κ2) is 8.20. The molecule has 0 spiro atoms. The summed E-state index contributed by atoms with van der Waals surface area (Å²) in [6.45, 7) is 1.54. The molecule has 0 saturated heterocycles. The van der Waals surface area contributed by atoms with Crippen LogP contribution in [0.1, 0.15) is 16.7 Å². The van der Waals surface area contributed by atoms with E-state index in [0.717, 1.165) is 28.0 Å². The van der Waals surface area contributed by atoms with Crippen molar-refractivity contribution >= 4 is 10.9 Å². The molecule has 0 fully saturated rings. The first-order valence-corrected chi connectivity index (χ1v) is 9.97. The highest BCUT2D eigenvalue weighted by Crippen LogP contribution is 2.32. The number of ether oxygens (including phenoxy) is 2. The zero-order chi connectivity index (χ0) is 21.2. The van der Waals surface area contributed by atoms with Crippen LogP contribution < -0.4 is 20.3 Å². The number of nitrogens with zero attached hydrogens (tertiary/aromatic N) is 2. The van der Waals surface area contributed by atoms with Crippen molar-refractivity contribution in [1.29, 1.82) is 0 Å². The zero-order valence-electron chi connectivity index (χ0n) is 16.7. The van der Waals surface area contributed by atoms with Gasteiger partial charge in [0.25, 0.3) is 5.56 Å². The van der Waals surface area contributed by atoms with Gasteiger partial charge in [-0.05, 0) is 65.0 Å². The van der Waals surface area contributed by atoms with Crippen molar-refractivity contribution < 1.29 is 13.9 Å². The van der Waals surface area contributed by atoms with Gasteiger partial charge in [0.15, 0.2) is 11.5 Å². The Bertz CT molecular complexity index is 1300. The highest BCUT2D eigenvalue weighted by molar-refractivity contribution is 5.79. The van der Waals surface area contributed by atoms with Crippen molar-refractivity contribution in [2.45, 2.75) is 19.6 Å². The van der Waals surface area contributed by atoms with E-state index in [1.54, 1.807) is 23.0 Å². The maximum atomic E-state index is 13.9. The lowest BCUT2D eigenvalue weighted by molar-refractivity contribution is 0.174. The number of hydrogen-bond acceptors (Lipinski definition) is 5. The first-order chi connectivity index (χ1) is 15.2. The number of fused-ring (bicyclic) bond motifs is 2. The van der Waals surface area contributed by atoms with Crippen molar-refractivity contribution in [3.63, 3.8) is 0 Å². The van der Waals surface area contributed by atoms with E-state index in [2.05, 4.69) is 10.3 Å². The smallest absolute Gasteiger partial charge is 0.255 e. The van der Waals surface area contributed by atoms with Crippen LogP contribution in [0.25, 0.3) is 10.9 Å². The van der Waals surface area contributed by atoms with Gasteiger partial charge in [0.05, 0.1) is 12.1 Å². The maximum absolute atomic E-state index is 13.9. The van der Waals surface area contributed by atoms with Crippen molar-refractivity contribution in [3.05, 3.63) is 99.9 Å². The number of hydrogen-bond donors (Lipinski definition) is 1. The van der Waals surface area contributed by atoms with E-state index >= 15 is 0 Å². The summed E-state index contributed by atoms with van der Waals surface area (Å²) in [7, 11) is 0. The topological polar surface area (TPSA) is 65.4 Å². The SMILES string of the molecule is O=c1c(CNCc2ccc3c(c2)OCO3)cc2ccc(F)cc2n1Cc1ccncc1. The third kappa shape index (κ3) is 4.00. The number of benzene rings is 2. The standard InChI is InChI=1S/C24H20FN3O3/c25-20-3-2-18-10-19(13-27-12-17-1-4-22-23(9-17)31-15-30-22)24(29)28(21(18)11-20)14-16-5-7-26-8-6-16/h1-11,27H,12-15H2. The summed E-state index contributed by atoms with van der Waals surface area (Å²) in [5, 5.41) is 4.14. The van der Waals surface area contributed by atoms with Crippen LogP contribution in [0.4, 0.5) is 4.39 Å². The first-order valence-electron chi connectivity index (χ1n) is 9.97. The third-order valence-corrected chi connectivity index (χ3v) is 5.30. The van der Waals surface area contributed by atoms with Crippen LogP contribution >= 0.6 is 0 Å². The molecule has 0 aliphatic carbocycles. The Hall–Kier alpha value is -3.71. The molecule has 0 saturated carbocycles. The van der Waals surface area contributed by atoms with Crippen LogP contribution in [0.3, 0.4) is 0 Å². The Morgan fingerprint density at radius 2 is 1.77 bits per heavy atom. The van der Waals surface area contributed by atoms with Gasteiger partial charge in [-0.15, -0.1) is 0 Å². The minimum atomic E-state index is -0.371. The highest BCUT2D eigenvalue weighted by Gasteiger charge is 2.14. The van der Waals surface area contributed by atoms with E-state index in [-0.39, 0.29) is 18.2 Å². The van der Waals surface area contributed by atoms with Crippen LogP contribution in [-0.2, 0) is 19.6 Å². The molecule has 1 aliphatic rings. The molecular weight excluding hydrogens is 397 g/mol. The lowest BCUT2D eigenvalue weighted by Crippen LogP contribution is -2.28. The molecule has 2 aromatic carbocycles. The molecule has 0 unspecified atom stereocenters. The van der Waals surface area contributed by atoms with Crippen LogP contribution in [0.2, 0.25) is 0 Å². The van der Waals surface area contributed by atoms with Crippen molar-refractivity contribution in [3.8, 4) is 11.5 Å². The molecule has 31 heavy (non-hydrogen) atoms. The number of nitrogens with one attached hydrogen (secondary N) is 1. The summed E-state index contributed by atoms with van der Waals surface area (Å²) in [6.07, 6.45) is 3.36. The monoisotopic (exact) mass is 417 g/mol. The van der Waals surface area contributed by atoms with E-state index in [4.69, 9.17) is 9.47 Å². The second-order valence-electron chi connectivity index (χ2n) is 7.41. The summed E-state index contributed by atoms with van der Waals surface area (Å²) in [6, 6.07) is 15.8. The number of aromatic nitrogens is 2. The fourth-order valence-corrected chi connectivity index (χ4v) is 3.75. The largest absolute Gasteiger partial charge is 0.454 e. The average Bonchev–Trinajstić information content (AvgIpc) is 3.25. The third-order valence-electron chi connectivity index (χ3n) is 5.30. The Labute approximate surface area is 177 Å². The summed E-state index contributed by atoms with van der Waals surface area (Å²) >= 11 is 0. The van der Waals surface area contributed by atoms with Gasteiger partial charge in [0, 0.05) is 31.0 Å². The van der Waals surface area contributed by atoms with Gasteiger partial charge in [0.1, 0.15) is 5.82 Å². The van der Waals surface area contributed by atoms with Gasteiger partial charge in [-0.1, -0.05) is 6.07 Å². The maximum Gasteiger partial charge on any atom is 0.255 e. The van der Waals surface area contributed by atoms with E-state index in [1.807, 2.05) is 36.4 Å². The molecule has 0 amide bonds. The van der Waals surface area contributed by atoms with Crippen LogP contribution in [0.15, 0.2) is 71.8 Å². The van der Waals surface area contributed by atoms with Crippen LogP contribution in [-0.4, -0.2) is 16.3 Å². The first kappa shape index (κ1) is 19.3. The van der Waals surface area contributed by atoms with Crippen molar-refractivity contribution in [2.24, 2.45) is 0 Å². The molecule has 2 aromatic heterocycles. The van der Waals surface area contributed by atoms with Gasteiger partial charge >= 0.3 is 0 Å². The van der Waals surface area contributed by atoms with Crippen LogP contribution in [0.5, 0.6) is 11.5 Å². The molecule has 156 valence electrons. The number of rotatable bonds is 6. The van der Waals surface area contributed by atoms with Gasteiger partial charge < -0.3 is 19.4 Å². The summed E-state index contributed by atoms with van der Waals surface area (Å²) in [4.78, 5) is 17.3. The Balaban J connectivity index is 1.42. The summed E-state index contributed by atoms with van der Waals surface area (Å²) in [5.74, 6) is 1.10. The lowest BCUT2D eigenvalue weighted by Gasteiger charge is -2.14.